The monoisotopic (exact) mass is 707 g/mol. The first kappa shape index (κ1) is 39.5. The second kappa shape index (κ2) is 16.8. The van der Waals surface area contributed by atoms with E-state index < -0.39 is 155 Å². The zero-order chi connectivity index (χ0) is 35.6. The predicted octanol–water partition coefficient (Wildman–Crippen LogP) is -9.61. The lowest BCUT2D eigenvalue weighted by atomic mass is 9.94. The standard InChI is InChI=1S/C26H45NO21/c1-6(32)27-11-14(35)20(46-25-18(39)15(36)12(33)7(2-28)43-25)10(5-31)45-24(11)48-22-13(34)8(3-29)44-26(19(22)40)47-21-9(4-30)42-23(41)17(38)16(21)37/h7-26,28-31,33-41H,2-5H2,1H3,(H,27,32)/t7?,8?,9?,10?,11?,12-,13-,14?,15?,16?,17?,18?,19?,20+,21+,22?,23+,24-,25-,26-/m0/s1. The van der Waals surface area contributed by atoms with E-state index in [-0.39, 0.29) is 0 Å². The summed E-state index contributed by atoms with van der Waals surface area (Å²) >= 11 is 0. The molecule has 4 heterocycles. The van der Waals surface area contributed by atoms with Crippen LogP contribution in [0.15, 0.2) is 0 Å². The van der Waals surface area contributed by atoms with Crippen molar-refractivity contribution in [3.63, 3.8) is 0 Å². The molecule has 0 bridgehead atoms. The molecule has 0 saturated carbocycles. The molecule has 0 radical (unpaired) electrons. The molecule has 0 aromatic heterocycles. The van der Waals surface area contributed by atoms with Gasteiger partial charge in [-0.05, 0) is 0 Å². The minimum atomic E-state index is -2.02. The highest BCUT2D eigenvalue weighted by molar-refractivity contribution is 5.73. The highest BCUT2D eigenvalue weighted by Gasteiger charge is 2.55. The summed E-state index contributed by atoms with van der Waals surface area (Å²) in [5, 5.41) is 136. The Bertz CT molecular complexity index is 1030. The Labute approximate surface area is 272 Å². The third-order valence-electron chi connectivity index (χ3n) is 8.61. The van der Waals surface area contributed by atoms with Crippen LogP contribution in [0, 0.1) is 0 Å². The maximum absolute atomic E-state index is 12.2. The van der Waals surface area contributed by atoms with Crippen LogP contribution in [-0.2, 0) is 38.0 Å². The van der Waals surface area contributed by atoms with Gasteiger partial charge in [0.05, 0.1) is 26.4 Å². The van der Waals surface area contributed by atoms with Crippen LogP contribution in [0.3, 0.4) is 0 Å². The number of rotatable bonds is 11. The van der Waals surface area contributed by atoms with Gasteiger partial charge < -0.3 is 105 Å². The Kier molecular flexibility index (Phi) is 13.8. The SMILES string of the molecule is CC(=O)NC1C(O)[C@H](O[C@@H]2OC(CO)[C@H](O)C(O)C2O)C(CO)O[C@H]1OC1C(O)[C@H](O[C@@H]2C(CO)O[C@@H](O)C(O)C2O)OC(CO)[C@@H]1O. The average Bonchev–Trinajstić information content (AvgIpc) is 3.06. The van der Waals surface area contributed by atoms with Crippen molar-refractivity contribution in [1.82, 2.24) is 5.32 Å². The summed E-state index contributed by atoms with van der Waals surface area (Å²) in [5.41, 5.74) is 0. The van der Waals surface area contributed by atoms with Gasteiger partial charge in [-0.15, -0.1) is 0 Å². The van der Waals surface area contributed by atoms with E-state index >= 15 is 0 Å². The van der Waals surface area contributed by atoms with Crippen LogP contribution in [0.25, 0.3) is 0 Å². The molecule has 48 heavy (non-hydrogen) atoms. The summed E-state index contributed by atoms with van der Waals surface area (Å²) in [5.74, 6) is -0.755. The van der Waals surface area contributed by atoms with Crippen molar-refractivity contribution in [2.45, 2.75) is 130 Å². The van der Waals surface area contributed by atoms with Gasteiger partial charge in [0.1, 0.15) is 97.6 Å². The number of hydrogen-bond donors (Lipinski definition) is 14. The Morgan fingerprint density at radius 2 is 0.958 bits per heavy atom. The van der Waals surface area contributed by atoms with Crippen LogP contribution < -0.4 is 5.32 Å². The molecule has 0 spiro atoms. The molecule has 4 saturated heterocycles. The summed E-state index contributed by atoms with van der Waals surface area (Å²) in [6.07, 6.45) is -33.5. The zero-order valence-electron chi connectivity index (χ0n) is 25.5. The minimum Gasteiger partial charge on any atom is -0.394 e. The van der Waals surface area contributed by atoms with Crippen molar-refractivity contribution >= 4 is 5.91 Å². The van der Waals surface area contributed by atoms with Gasteiger partial charge in [0.2, 0.25) is 5.91 Å². The quantitative estimate of drug-likeness (QED) is 0.0947. The summed E-state index contributed by atoms with van der Waals surface area (Å²) in [6.45, 7) is -2.37. The van der Waals surface area contributed by atoms with Gasteiger partial charge in [-0.3, -0.25) is 4.79 Å². The Morgan fingerprint density at radius 1 is 0.500 bits per heavy atom. The third kappa shape index (κ3) is 8.08. The lowest BCUT2D eigenvalue weighted by Gasteiger charge is -2.49. The van der Waals surface area contributed by atoms with E-state index in [2.05, 4.69) is 5.32 Å². The molecule has 20 atom stereocenters. The fraction of sp³-hybridized carbons (Fsp3) is 0.962. The molecule has 0 aromatic rings. The second-order valence-electron chi connectivity index (χ2n) is 11.9. The molecule has 22 heteroatoms. The third-order valence-corrected chi connectivity index (χ3v) is 8.61. The van der Waals surface area contributed by atoms with Gasteiger partial charge in [-0.1, -0.05) is 0 Å². The summed E-state index contributed by atoms with van der Waals surface area (Å²) in [4.78, 5) is 12.2. The molecule has 4 fully saturated rings. The lowest BCUT2D eigenvalue weighted by molar-refractivity contribution is -0.380. The molecule has 12 unspecified atom stereocenters. The van der Waals surface area contributed by atoms with Crippen molar-refractivity contribution in [3.8, 4) is 0 Å². The maximum atomic E-state index is 12.2. The number of carbonyl (C=O) groups excluding carboxylic acids is 1. The number of hydrogen-bond acceptors (Lipinski definition) is 21. The highest BCUT2D eigenvalue weighted by atomic mass is 16.8. The van der Waals surface area contributed by atoms with Crippen LogP contribution in [0.4, 0.5) is 0 Å². The van der Waals surface area contributed by atoms with Crippen molar-refractivity contribution in [3.05, 3.63) is 0 Å². The first-order chi connectivity index (χ1) is 22.7. The van der Waals surface area contributed by atoms with E-state index in [0.717, 1.165) is 6.92 Å². The summed E-state index contributed by atoms with van der Waals surface area (Å²) in [7, 11) is 0. The molecule has 4 aliphatic heterocycles. The second-order valence-corrected chi connectivity index (χ2v) is 11.9. The minimum absolute atomic E-state index is 0.755. The van der Waals surface area contributed by atoms with Gasteiger partial charge in [0.15, 0.2) is 25.2 Å². The molecule has 4 rings (SSSR count). The van der Waals surface area contributed by atoms with Gasteiger partial charge in [-0.25, -0.2) is 0 Å². The fourth-order valence-corrected chi connectivity index (χ4v) is 5.95. The number of carbonyl (C=O) groups is 1. The summed E-state index contributed by atoms with van der Waals surface area (Å²) in [6, 6.07) is -1.61. The number of amides is 1. The average molecular weight is 708 g/mol. The molecule has 22 nitrogen and oxygen atoms in total. The normalized spacial score (nSPS) is 50.2. The molecular formula is C26H45NO21. The fourth-order valence-electron chi connectivity index (χ4n) is 5.95. The predicted molar refractivity (Wildman–Crippen MR) is 145 cm³/mol. The number of ether oxygens (including phenoxy) is 7. The molecule has 0 aliphatic carbocycles. The van der Waals surface area contributed by atoms with Crippen molar-refractivity contribution in [2.75, 3.05) is 26.4 Å². The zero-order valence-corrected chi connectivity index (χ0v) is 25.5. The molecule has 0 aromatic carbocycles. The van der Waals surface area contributed by atoms with E-state index in [1.54, 1.807) is 0 Å². The van der Waals surface area contributed by atoms with E-state index in [1.807, 2.05) is 0 Å². The van der Waals surface area contributed by atoms with E-state index in [0.29, 0.717) is 0 Å². The van der Waals surface area contributed by atoms with Crippen molar-refractivity contribution in [1.29, 1.82) is 0 Å². The molecule has 4 aliphatic rings. The number of aliphatic hydroxyl groups excluding tert-OH is 13. The van der Waals surface area contributed by atoms with E-state index in [1.165, 1.54) is 0 Å². The first-order valence-electron chi connectivity index (χ1n) is 15.1. The van der Waals surface area contributed by atoms with Gasteiger partial charge in [0, 0.05) is 6.92 Å². The lowest BCUT2D eigenvalue weighted by Crippen LogP contribution is -2.69. The smallest absolute Gasteiger partial charge is 0.217 e. The Morgan fingerprint density at radius 3 is 1.50 bits per heavy atom. The number of aliphatic hydroxyl groups is 13. The molecule has 14 N–H and O–H groups in total. The topological polar surface area (TPSA) is 357 Å². The van der Waals surface area contributed by atoms with Crippen LogP contribution in [-0.4, -0.2) is 221 Å². The van der Waals surface area contributed by atoms with Crippen molar-refractivity contribution in [2.24, 2.45) is 0 Å². The Balaban J connectivity index is 1.56. The van der Waals surface area contributed by atoms with Gasteiger partial charge in [-0.2, -0.15) is 0 Å². The van der Waals surface area contributed by atoms with E-state index in [9.17, 15) is 71.2 Å². The number of nitrogens with one attached hydrogen (secondary N) is 1. The van der Waals surface area contributed by atoms with Gasteiger partial charge >= 0.3 is 0 Å². The van der Waals surface area contributed by atoms with Gasteiger partial charge in [0.25, 0.3) is 0 Å². The molecular weight excluding hydrogens is 662 g/mol. The van der Waals surface area contributed by atoms with Crippen LogP contribution in [0.5, 0.6) is 0 Å². The largest absolute Gasteiger partial charge is 0.394 e. The van der Waals surface area contributed by atoms with Crippen LogP contribution in [0.1, 0.15) is 6.92 Å². The van der Waals surface area contributed by atoms with E-state index in [4.69, 9.17) is 33.2 Å². The van der Waals surface area contributed by atoms with Crippen LogP contribution >= 0.6 is 0 Å². The highest BCUT2D eigenvalue weighted by Crippen LogP contribution is 2.34. The Hall–Kier alpha value is -1.33. The molecule has 1 amide bonds. The molecule has 280 valence electrons. The maximum Gasteiger partial charge on any atom is 0.217 e. The summed E-state index contributed by atoms with van der Waals surface area (Å²) < 4.78 is 38.5. The van der Waals surface area contributed by atoms with Crippen molar-refractivity contribution < 1.29 is 104 Å². The first-order valence-corrected chi connectivity index (χ1v) is 15.1. The van der Waals surface area contributed by atoms with Crippen LogP contribution in [0.2, 0.25) is 0 Å².